The van der Waals surface area contributed by atoms with Crippen molar-refractivity contribution in [3.63, 3.8) is 0 Å². The van der Waals surface area contributed by atoms with E-state index in [0.717, 1.165) is 0 Å². The number of carbonyl (C=O) groups excluding carboxylic acids is 1. The third kappa shape index (κ3) is 5.51. The number of halogens is 4. The summed E-state index contributed by atoms with van der Waals surface area (Å²) >= 11 is 5.80. The Labute approximate surface area is 170 Å². The van der Waals surface area contributed by atoms with Crippen molar-refractivity contribution in [3.05, 3.63) is 47.1 Å². The van der Waals surface area contributed by atoms with Gasteiger partial charge in [-0.2, -0.15) is 13.2 Å². The third-order valence-electron chi connectivity index (χ3n) is 4.10. The lowest BCUT2D eigenvalue weighted by Gasteiger charge is -2.36. The fourth-order valence-corrected chi connectivity index (χ4v) is 2.49. The van der Waals surface area contributed by atoms with Crippen molar-refractivity contribution in [3.8, 4) is 17.4 Å². The Kier molecular flexibility index (Phi) is 6.97. The van der Waals surface area contributed by atoms with Crippen LogP contribution in [0.15, 0.2) is 36.5 Å². The molecule has 0 radical (unpaired) electrons. The number of rotatable bonds is 8. The maximum absolute atomic E-state index is 12.7. The van der Waals surface area contributed by atoms with Gasteiger partial charge in [-0.15, -0.1) is 0 Å². The van der Waals surface area contributed by atoms with Gasteiger partial charge in [-0.3, -0.25) is 0 Å². The number of benzene rings is 1. The van der Waals surface area contributed by atoms with Crippen LogP contribution >= 0.6 is 11.6 Å². The molecule has 10 heteroatoms. The van der Waals surface area contributed by atoms with Crippen LogP contribution in [-0.4, -0.2) is 29.3 Å². The Hall–Kier alpha value is -2.52. The molecule has 0 aliphatic rings. The van der Waals surface area contributed by atoms with Crippen LogP contribution in [0.4, 0.5) is 13.2 Å². The summed E-state index contributed by atoms with van der Waals surface area (Å²) in [6, 6.07) is 6.40. The molecule has 0 bridgehead atoms. The lowest BCUT2D eigenvalue weighted by molar-refractivity contribution is -0.326. The van der Waals surface area contributed by atoms with Gasteiger partial charge in [0.15, 0.2) is 5.60 Å². The predicted molar refractivity (Wildman–Crippen MR) is 95.9 cm³/mol. The van der Waals surface area contributed by atoms with Gasteiger partial charge in [0, 0.05) is 12.8 Å². The summed E-state index contributed by atoms with van der Waals surface area (Å²) in [5, 5.41) is 11.2. The number of carboxylic acid groups (broad SMARTS) is 1. The minimum Gasteiger partial charge on any atom is -0.546 e. The SMILES string of the molecule is CCOC(C)C(C)(Oc1ccc(Oc2ncc(C(F)(F)F)cc2Cl)cc1)C(=O)[O-]. The Balaban J connectivity index is 2.15. The van der Waals surface area contributed by atoms with Gasteiger partial charge in [-0.1, -0.05) is 11.6 Å². The molecule has 0 aliphatic heterocycles. The monoisotopic (exact) mass is 432 g/mol. The van der Waals surface area contributed by atoms with E-state index in [1.807, 2.05) is 0 Å². The van der Waals surface area contributed by atoms with Crippen LogP contribution in [0.25, 0.3) is 0 Å². The number of hydrogen-bond donors (Lipinski definition) is 0. The number of aromatic nitrogens is 1. The first kappa shape index (κ1) is 22.8. The smallest absolute Gasteiger partial charge is 0.417 e. The number of aliphatic carboxylic acids is 1. The maximum Gasteiger partial charge on any atom is 0.417 e. The first-order chi connectivity index (χ1) is 13.5. The molecule has 0 amide bonds. The number of nitrogens with zero attached hydrogens (tertiary/aromatic N) is 1. The molecule has 0 saturated carbocycles. The molecule has 6 nitrogen and oxygen atoms in total. The fourth-order valence-electron chi connectivity index (χ4n) is 2.29. The van der Waals surface area contributed by atoms with E-state index < -0.39 is 29.4 Å². The minimum absolute atomic E-state index is 0.196. The molecule has 2 unspecified atom stereocenters. The second-order valence-electron chi connectivity index (χ2n) is 6.18. The highest BCUT2D eigenvalue weighted by molar-refractivity contribution is 6.31. The predicted octanol–water partition coefficient (Wildman–Crippen LogP) is 3.86. The van der Waals surface area contributed by atoms with E-state index in [4.69, 9.17) is 25.8 Å². The molecule has 0 fully saturated rings. The second-order valence-corrected chi connectivity index (χ2v) is 6.58. The van der Waals surface area contributed by atoms with E-state index in [9.17, 15) is 23.1 Å². The summed E-state index contributed by atoms with van der Waals surface area (Å²) in [7, 11) is 0. The molecule has 158 valence electrons. The number of ether oxygens (including phenoxy) is 3. The van der Waals surface area contributed by atoms with E-state index in [-0.39, 0.29) is 22.4 Å². The van der Waals surface area contributed by atoms with Crippen molar-refractivity contribution < 1.29 is 37.3 Å². The first-order valence-corrected chi connectivity index (χ1v) is 8.88. The fraction of sp³-hybridized carbons (Fsp3) is 0.368. The van der Waals surface area contributed by atoms with Crippen LogP contribution in [0.2, 0.25) is 5.02 Å². The molecule has 1 heterocycles. The highest BCUT2D eigenvalue weighted by Gasteiger charge is 2.36. The zero-order chi connectivity index (χ0) is 21.8. The van der Waals surface area contributed by atoms with Crippen molar-refractivity contribution in [1.82, 2.24) is 4.98 Å². The number of alkyl halides is 3. The van der Waals surface area contributed by atoms with Gasteiger partial charge >= 0.3 is 6.18 Å². The van der Waals surface area contributed by atoms with Gasteiger partial charge in [0.05, 0.1) is 17.6 Å². The summed E-state index contributed by atoms with van der Waals surface area (Å²) in [6.07, 6.45) is -4.75. The molecule has 2 atom stereocenters. The summed E-state index contributed by atoms with van der Waals surface area (Å²) < 4.78 is 54.2. The third-order valence-corrected chi connectivity index (χ3v) is 4.37. The Morgan fingerprint density at radius 3 is 2.31 bits per heavy atom. The number of carboxylic acids is 1. The van der Waals surface area contributed by atoms with Crippen molar-refractivity contribution in [2.45, 2.75) is 38.7 Å². The van der Waals surface area contributed by atoms with Crippen molar-refractivity contribution in [1.29, 1.82) is 0 Å². The van der Waals surface area contributed by atoms with Crippen LogP contribution in [0.5, 0.6) is 17.4 Å². The molecule has 0 saturated heterocycles. The summed E-state index contributed by atoms with van der Waals surface area (Å²) in [4.78, 5) is 15.1. The number of hydrogen-bond acceptors (Lipinski definition) is 6. The van der Waals surface area contributed by atoms with Gasteiger partial charge in [0.25, 0.3) is 0 Å². The standard InChI is InChI=1S/C19H19ClF3NO5/c1-4-27-11(2)18(3,17(25)26)29-14-7-5-13(6-8-14)28-16-15(20)9-12(10-24-16)19(21,22)23/h5-11H,4H2,1-3H3,(H,25,26)/p-1. The van der Waals surface area contributed by atoms with E-state index in [1.54, 1.807) is 13.8 Å². The lowest BCUT2D eigenvalue weighted by Crippen LogP contribution is -2.58. The zero-order valence-corrected chi connectivity index (χ0v) is 16.5. The molecule has 2 rings (SSSR count). The van der Waals surface area contributed by atoms with E-state index in [1.165, 1.54) is 31.2 Å². The lowest BCUT2D eigenvalue weighted by atomic mass is 10.00. The first-order valence-electron chi connectivity index (χ1n) is 8.50. The van der Waals surface area contributed by atoms with Gasteiger partial charge in [-0.05, 0) is 51.1 Å². The van der Waals surface area contributed by atoms with Crippen molar-refractivity contribution in [2.24, 2.45) is 0 Å². The van der Waals surface area contributed by atoms with E-state index in [2.05, 4.69) is 4.98 Å². The number of carbonyl (C=O) groups is 1. The molecule has 1 aromatic heterocycles. The number of pyridine rings is 1. The minimum atomic E-state index is -4.57. The van der Waals surface area contributed by atoms with Gasteiger partial charge in [0.2, 0.25) is 5.88 Å². The molecule has 29 heavy (non-hydrogen) atoms. The molecule has 0 N–H and O–H groups in total. The molecule has 0 spiro atoms. The van der Waals surface area contributed by atoms with Crippen LogP contribution in [-0.2, 0) is 15.7 Å². The van der Waals surface area contributed by atoms with Crippen molar-refractivity contribution >= 4 is 17.6 Å². The van der Waals surface area contributed by atoms with Crippen LogP contribution in [0, 0.1) is 0 Å². The summed E-state index contributed by atoms with van der Waals surface area (Å²) in [5.74, 6) is -1.25. The molecular weight excluding hydrogens is 415 g/mol. The Morgan fingerprint density at radius 1 is 1.24 bits per heavy atom. The Bertz CT molecular complexity index is 860. The van der Waals surface area contributed by atoms with E-state index >= 15 is 0 Å². The zero-order valence-electron chi connectivity index (χ0n) is 15.7. The summed E-state index contributed by atoms with van der Waals surface area (Å²) in [5.41, 5.74) is -2.74. The van der Waals surface area contributed by atoms with Crippen LogP contribution in [0.3, 0.4) is 0 Å². The quantitative estimate of drug-likeness (QED) is 0.630. The molecule has 0 aliphatic carbocycles. The van der Waals surface area contributed by atoms with Gasteiger partial charge in [0.1, 0.15) is 16.5 Å². The Morgan fingerprint density at radius 2 is 1.83 bits per heavy atom. The highest BCUT2D eigenvalue weighted by Crippen LogP contribution is 2.35. The highest BCUT2D eigenvalue weighted by atomic mass is 35.5. The molecule has 1 aromatic carbocycles. The van der Waals surface area contributed by atoms with E-state index in [0.29, 0.717) is 18.9 Å². The molecule has 2 aromatic rings. The summed E-state index contributed by atoms with van der Waals surface area (Å²) in [6.45, 7) is 4.90. The van der Waals surface area contributed by atoms with Gasteiger partial charge < -0.3 is 24.1 Å². The van der Waals surface area contributed by atoms with Gasteiger partial charge in [-0.25, -0.2) is 4.98 Å². The maximum atomic E-state index is 12.7. The average Bonchev–Trinajstić information content (AvgIpc) is 2.64. The topological polar surface area (TPSA) is 80.7 Å². The average molecular weight is 433 g/mol. The molecular formula is C19H18ClF3NO5-. The van der Waals surface area contributed by atoms with Crippen molar-refractivity contribution in [2.75, 3.05) is 6.61 Å². The second kappa shape index (κ2) is 8.87. The van der Waals surface area contributed by atoms with Crippen LogP contribution < -0.4 is 14.6 Å². The normalized spacial score (nSPS) is 14.7. The van der Waals surface area contributed by atoms with Crippen LogP contribution in [0.1, 0.15) is 26.3 Å². The largest absolute Gasteiger partial charge is 0.546 e.